The van der Waals surface area contributed by atoms with Gasteiger partial charge in [0.2, 0.25) is 5.91 Å². The molecule has 0 spiro atoms. The van der Waals surface area contributed by atoms with Crippen LogP contribution in [0.4, 0.5) is 5.69 Å². The molecule has 2 aliphatic rings. The van der Waals surface area contributed by atoms with Gasteiger partial charge in [-0.25, -0.2) is 0 Å². The maximum absolute atomic E-state index is 11.3. The number of piperidine rings is 2. The van der Waals surface area contributed by atoms with E-state index in [4.69, 9.17) is 0 Å². The molecule has 1 amide bonds. The van der Waals surface area contributed by atoms with Crippen molar-refractivity contribution in [3.63, 3.8) is 0 Å². The van der Waals surface area contributed by atoms with Gasteiger partial charge in [0.25, 0.3) is 0 Å². The minimum atomic E-state index is -0.817. The highest BCUT2D eigenvalue weighted by atomic mass is 16.3. The number of likely N-dealkylation sites (tertiary alicyclic amines) is 1. The Morgan fingerprint density at radius 2 is 1.76 bits per heavy atom. The average Bonchev–Trinajstić information content (AvgIpc) is 2.57. The zero-order valence-electron chi connectivity index (χ0n) is 15.6. The van der Waals surface area contributed by atoms with E-state index >= 15 is 0 Å². The van der Waals surface area contributed by atoms with Crippen molar-refractivity contribution in [2.75, 3.05) is 18.4 Å². The van der Waals surface area contributed by atoms with E-state index in [9.17, 15) is 9.90 Å². The number of carbonyl (C=O) groups excluding carboxylic acids is 1. The Morgan fingerprint density at radius 1 is 1.12 bits per heavy atom. The van der Waals surface area contributed by atoms with E-state index in [0.717, 1.165) is 18.8 Å². The molecule has 5 nitrogen and oxygen atoms in total. The Hall–Kier alpha value is -1.59. The lowest BCUT2D eigenvalue weighted by Gasteiger charge is -2.41. The summed E-state index contributed by atoms with van der Waals surface area (Å²) in [5.74, 6) is 0.551. The van der Waals surface area contributed by atoms with Gasteiger partial charge in [0.1, 0.15) is 6.23 Å². The molecule has 2 heterocycles. The van der Waals surface area contributed by atoms with E-state index in [1.54, 1.807) is 0 Å². The first-order valence-corrected chi connectivity index (χ1v) is 9.42. The van der Waals surface area contributed by atoms with Gasteiger partial charge in [-0.2, -0.15) is 0 Å². The predicted octanol–water partition coefficient (Wildman–Crippen LogP) is 2.67. The Balaban J connectivity index is 1.55. The number of nitrogens with zero attached hydrogens (tertiary/aromatic N) is 1. The van der Waals surface area contributed by atoms with E-state index in [1.807, 2.05) is 0 Å². The van der Waals surface area contributed by atoms with Crippen LogP contribution in [0.1, 0.15) is 57.9 Å². The largest absolute Gasteiger partial charge is 0.378 e. The molecule has 0 aliphatic carbocycles. The van der Waals surface area contributed by atoms with Crippen LogP contribution in [-0.2, 0) is 4.79 Å². The lowest BCUT2D eigenvalue weighted by atomic mass is 9.87. The monoisotopic (exact) mass is 345 g/mol. The van der Waals surface area contributed by atoms with Crippen molar-refractivity contribution in [2.45, 2.75) is 70.2 Å². The first-order chi connectivity index (χ1) is 11.8. The van der Waals surface area contributed by atoms with Gasteiger partial charge in [0, 0.05) is 17.6 Å². The number of anilines is 1. The summed E-state index contributed by atoms with van der Waals surface area (Å²) in [7, 11) is 0. The van der Waals surface area contributed by atoms with Crippen molar-refractivity contribution >= 4 is 11.6 Å². The number of rotatable bonds is 3. The third kappa shape index (κ3) is 4.53. The van der Waals surface area contributed by atoms with Gasteiger partial charge in [0.15, 0.2) is 0 Å². The molecule has 1 aromatic rings. The molecular weight excluding hydrogens is 314 g/mol. The predicted molar refractivity (Wildman–Crippen MR) is 101 cm³/mol. The van der Waals surface area contributed by atoms with Gasteiger partial charge in [-0.15, -0.1) is 0 Å². The molecule has 2 aliphatic heterocycles. The fourth-order valence-electron chi connectivity index (χ4n) is 3.88. The fraction of sp³-hybridized carbons (Fsp3) is 0.650. The molecule has 3 N–H and O–H groups in total. The lowest BCUT2D eigenvalue weighted by Crippen LogP contribution is -2.51. The highest BCUT2D eigenvalue weighted by molar-refractivity contribution is 5.77. The van der Waals surface area contributed by atoms with Crippen LogP contribution < -0.4 is 10.6 Å². The number of hydrogen-bond acceptors (Lipinski definition) is 4. The standard InChI is InChI=1S/C20H31N3O2/c1-20(2,3)23-12-10-15(11-13-23)14-4-6-16(7-5-14)21-17-8-9-18(24)22-19(17)25/h4-7,15,17,19,21,25H,8-13H2,1-3H3,(H,22,24)/t17-,19?/m1/s1. The van der Waals surface area contributed by atoms with E-state index < -0.39 is 6.23 Å². The summed E-state index contributed by atoms with van der Waals surface area (Å²) in [5, 5.41) is 15.9. The molecule has 0 bridgehead atoms. The summed E-state index contributed by atoms with van der Waals surface area (Å²) in [6.07, 6.45) is 2.70. The maximum atomic E-state index is 11.3. The van der Waals surface area contributed by atoms with Gasteiger partial charge in [-0.3, -0.25) is 9.69 Å². The molecule has 1 aromatic carbocycles. The van der Waals surface area contributed by atoms with Gasteiger partial charge in [-0.05, 0) is 76.7 Å². The molecule has 138 valence electrons. The van der Waals surface area contributed by atoms with Crippen molar-refractivity contribution in [3.8, 4) is 0 Å². The van der Waals surface area contributed by atoms with Crippen LogP contribution in [0.5, 0.6) is 0 Å². The Labute approximate surface area is 150 Å². The first-order valence-electron chi connectivity index (χ1n) is 9.42. The van der Waals surface area contributed by atoms with Crippen LogP contribution in [-0.4, -0.2) is 46.8 Å². The summed E-state index contributed by atoms with van der Waals surface area (Å²) in [5.41, 5.74) is 2.65. The average molecular weight is 345 g/mol. The summed E-state index contributed by atoms with van der Waals surface area (Å²) in [4.78, 5) is 13.8. The zero-order valence-corrected chi connectivity index (χ0v) is 15.6. The Kier molecular flexibility index (Phi) is 5.35. The van der Waals surface area contributed by atoms with Gasteiger partial charge in [-0.1, -0.05) is 12.1 Å². The van der Waals surface area contributed by atoms with Crippen molar-refractivity contribution in [3.05, 3.63) is 29.8 Å². The molecule has 2 atom stereocenters. The SMILES string of the molecule is CC(C)(C)N1CCC(c2ccc(N[C@@H]3CCC(=O)NC3O)cc2)CC1. The fourth-order valence-corrected chi connectivity index (χ4v) is 3.88. The van der Waals surface area contributed by atoms with Crippen molar-refractivity contribution in [1.29, 1.82) is 0 Å². The van der Waals surface area contributed by atoms with Gasteiger partial charge >= 0.3 is 0 Å². The Bertz CT molecular complexity index is 586. The molecule has 0 aromatic heterocycles. The van der Waals surface area contributed by atoms with Crippen LogP contribution in [0.3, 0.4) is 0 Å². The molecule has 2 fully saturated rings. The normalized spacial score (nSPS) is 26.3. The van der Waals surface area contributed by atoms with Gasteiger partial charge < -0.3 is 15.7 Å². The van der Waals surface area contributed by atoms with Gasteiger partial charge in [0.05, 0.1) is 6.04 Å². The number of benzene rings is 1. The number of aliphatic hydroxyl groups excluding tert-OH is 1. The molecular formula is C20H31N3O2. The second kappa shape index (κ2) is 7.34. The summed E-state index contributed by atoms with van der Waals surface area (Å²) < 4.78 is 0. The first kappa shape index (κ1) is 18.2. The quantitative estimate of drug-likeness (QED) is 0.788. The zero-order chi connectivity index (χ0) is 18.0. The Morgan fingerprint density at radius 3 is 2.32 bits per heavy atom. The molecule has 25 heavy (non-hydrogen) atoms. The van der Waals surface area contributed by atoms with Crippen LogP contribution in [0.2, 0.25) is 0 Å². The van der Waals surface area contributed by atoms with Crippen molar-refractivity contribution < 1.29 is 9.90 Å². The van der Waals surface area contributed by atoms with Crippen LogP contribution in [0.25, 0.3) is 0 Å². The third-order valence-corrected chi connectivity index (χ3v) is 5.55. The summed E-state index contributed by atoms with van der Waals surface area (Å²) in [6, 6.07) is 8.46. The minimum Gasteiger partial charge on any atom is -0.378 e. The molecule has 2 saturated heterocycles. The highest BCUT2D eigenvalue weighted by Crippen LogP contribution is 2.31. The van der Waals surface area contributed by atoms with E-state index in [0.29, 0.717) is 18.8 Å². The lowest BCUT2D eigenvalue weighted by molar-refractivity contribution is -0.126. The molecule has 5 heteroatoms. The summed E-state index contributed by atoms with van der Waals surface area (Å²) in [6.45, 7) is 9.17. The summed E-state index contributed by atoms with van der Waals surface area (Å²) >= 11 is 0. The number of carbonyl (C=O) groups is 1. The molecule has 3 rings (SSSR count). The second-order valence-corrected chi connectivity index (χ2v) is 8.36. The molecule has 0 saturated carbocycles. The number of amides is 1. The molecule has 0 radical (unpaired) electrons. The minimum absolute atomic E-state index is 0.0810. The maximum Gasteiger partial charge on any atom is 0.222 e. The molecule has 1 unspecified atom stereocenters. The van der Waals surface area contributed by atoms with Crippen molar-refractivity contribution in [2.24, 2.45) is 0 Å². The van der Waals surface area contributed by atoms with Crippen LogP contribution in [0, 0.1) is 0 Å². The van der Waals surface area contributed by atoms with E-state index in [2.05, 4.69) is 60.6 Å². The topological polar surface area (TPSA) is 64.6 Å². The van der Waals surface area contributed by atoms with E-state index in [1.165, 1.54) is 18.4 Å². The van der Waals surface area contributed by atoms with Crippen LogP contribution in [0.15, 0.2) is 24.3 Å². The number of aliphatic hydroxyl groups is 1. The number of nitrogens with one attached hydrogen (secondary N) is 2. The van der Waals surface area contributed by atoms with Crippen molar-refractivity contribution in [1.82, 2.24) is 10.2 Å². The highest BCUT2D eigenvalue weighted by Gasteiger charge is 2.28. The second-order valence-electron chi connectivity index (χ2n) is 8.36. The smallest absolute Gasteiger partial charge is 0.222 e. The third-order valence-electron chi connectivity index (χ3n) is 5.55. The number of hydrogen-bond donors (Lipinski definition) is 3. The van der Waals surface area contributed by atoms with E-state index in [-0.39, 0.29) is 17.5 Å². The van der Waals surface area contributed by atoms with Crippen LogP contribution >= 0.6 is 0 Å².